The number of pyridine rings is 2. The van der Waals surface area contributed by atoms with E-state index < -0.39 is 23.6 Å². The summed E-state index contributed by atoms with van der Waals surface area (Å²) in [4.78, 5) is 69.1. The number of thiophene rings is 1. The third-order valence-electron chi connectivity index (χ3n) is 11.5. The van der Waals surface area contributed by atoms with Crippen LogP contribution in [0.5, 0.6) is 5.75 Å². The van der Waals surface area contributed by atoms with Crippen LogP contribution < -0.4 is 21.1 Å². The number of aliphatic imine (C=N–C) groups is 1. The van der Waals surface area contributed by atoms with E-state index in [1.54, 1.807) is 49.2 Å². The monoisotopic (exact) mass is 927 g/mol. The number of nitrogens with zero attached hydrogens (tertiary/aromatic N) is 9. The zero-order valence-corrected chi connectivity index (χ0v) is 38.2. The molecule has 336 valence electrons. The Bertz CT molecular complexity index is 3290. The Morgan fingerprint density at radius 1 is 0.939 bits per heavy atom. The molecular formula is C46H42ClN11O7S. The Balaban J connectivity index is 0.970. The lowest BCUT2D eigenvalue weighted by atomic mass is 9.99. The summed E-state index contributed by atoms with van der Waals surface area (Å²) in [5.74, 6) is 0.860. The topological polar surface area (TPSA) is 216 Å². The molecule has 0 bridgehead atoms. The lowest BCUT2D eigenvalue weighted by Gasteiger charge is -2.12. The van der Waals surface area contributed by atoms with Gasteiger partial charge >= 0.3 is 11.7 Å². The van der Waals surface area contributed by atoms with Crippen LogP contribution in [-0.4, -0.2) is 89.8 Å². The fraction of sp³-hybridized carbons (Fsp3) is 0.261. The van der Waals surface area contributed by atoms with E-state index in [0.29, 0.717) is 88.2 Å². The first-order valence-corrected chi connectivity index (χ1v) is 22.0. The van der Waals surface area contributed by atoms with Gasteiger partial charge in [0.05, 0.1) is 77.5 Å². The van der Waals surface area contributed by atoms with Gasteiger partial charge in [0.1, 0.15) is 34.9 Å². The van der Waals surface area contributed by atoms with Crippen molar-refractivity contribution in [2.75, 3.05) is 27.3 Å². The van der Waals surface area contributed by atoms with E-state index in [1.807, 2.05) is 61.7 Å². The number of methoxy groups -OCH3 is 2. The molecule has 0 saturated carbocycles. The Hall–Kier alpha value is -7.51. The third kappa shape index (κ3) is 7.89. The standard InChI is InChI=1S/C46H42ClN11O7S/c1-23-38-40(27-10-12-28(47)13-11-27)52-33(19-37(60)64-6)43-54-53-26(4)58(43)45(38)66-42(23)44(61)50-16-15-49-36(59)22-56-34-20-51-32-17-31(39-24(2)55-65-25(39)3)35(63-5)18-30(32)41(34)57(46(56)62)21-29-9-7-8-14-48-29/h7-14,17-18,20,33H,15-16,19,21-22H2,1-6H3,(H,49,59)(H,50,61). The van der Waals surface area contributed by atoms with Gasteiger partial charge in [-0.3, -0.25) is 43.0 Å². The first kappa shape index (κ1) is 43.7. The van der Waals surface area contributed by atoms with Crippen LogP contribution >= 0.6 is 22.9 Å². The predicted molar refractivity (Wildman–Crippen MR) is 247 cm³/mol. The minimum Gasteiger partial charge on any atom is -0.496 e. The number of hydrogen-bond acceptors (Lipinski definition) is 14. The molecule has 1 unspecified atom stereocenters. The molecule has 0 radical (unpaired) electrons. The van der Waals surface area contributed by atoms with Gasteiger partial charge < -0.3 is 24.6 Å². The average molecular weight is 928 g/mol. The van der Waals surface area contributed by atoms with Gasteiger partial charge in [0.2, 0.25) is 5.91 Å². The van der Waals surface area contributed by atoms with Gasteiger partial charge in [-0.2, -0.15) is 0 Å². The number of halogens is 1. The molecule has 1 atom stereocenters. The van der Waals surface area contributed by atoms with Crippen LogP contribution in [0.3, 0.4) is 0 Å². The van der Waals surface area contributed by atoms with Gasteiger partial charge in [0, 0.05) is 46.4 Å². The SMILES string of the molecule is COC(=O)CC1N=C(c2ccc(Cl)cc2)c2c(sc(C(=O)NCCNC(=O)Cn3c(=O)n(Cc4ccccn4)c4c5cc(OC)c(-c6c(C)noc6C)cc5ncc43)c2C)-n2c(C)nnc21. The molecule has 0 saturated heterocycles. The van der Waals surface area contributed by atoms with Gasteiger partial charge in [-0.15, -0.1) is 21.5 Å². The minimum absolute atomic E-state index is 0.0697. The Kier molecular flexibility index (Phi) is 11.8. The number of aromatic nitrogens is 8. The number of carbonyl (C=O) groups excluding carboxylic acids is 3. The van der Waals surface area contributed by atoms with Crippen LogP contribution in [0.1, 0.15) is 67.6 Å². The average Bonchev–Trinajstić information content (AvgIpc) is 4.02. The highest BCUT2D eigenvalue weighted by Crippen LogP contribution is 2.41. The van der Waals surface area contributed by atoms with E-state index in [9.17, 15) is 19.2 Å². The second-order valence-electron chi connectivity index (χ2n) is 15.6. The molecule has 2 aromatic carbocycles. The Labute approximate surface area is 385 Å². The third-order valence-corrected chi connectivity index (χ3v) is 13.0. The molecule has 0 spiro atoms. The lowest BCUT2D eigenvalue weighted by Crippen LogP contribution is -2.38. The van der Waals surface area contributed by atoms with Gasteiger partial charge in [-0.05, 0) is 69.7 Å². The second kappa shape index (κ2) is 17.8. The van der Waals surface area contributed by atoms with Gasteiger partial charge in [0.15, 0.2) is 5.82 Å². The van der Waals surface area contributed by atoms with Crippen molar-refractivity contribution >= 4 is 68.4 Å². The second-order valence-corrected chi connectivity index (χ2v) is 17.0. The largest absolute Gasteiger partial charge is 0.496 e. The highest BCUT2D eigenvalue weighted by molar-refractivity contribution is 7.17. The summed E-state index contributed by atoms with van der Waals surface area (Å²) in [6, 6.07) is 15.6. The molecule has 66 heavy (non-hydrogen) atoms. The molecule has 1 aliphatic rings. The maximum absolute atomic E-state index is 14.3. The quantitative estimate of drug-likeness (QED) is 0.101. The summed E-state index contributed by atoms with van der Waals surface area (Å²) in [6.45, 7) is 7.28. The molecule has 2 amide bonds. The highest BCUT2D eigenvalue weighted by Gasteiger charge is 2.34. The maximum Gasteiger partial charge on any atom is 0.330 e. The first-order chi connectivity index (χ1) is 31.9. The molecule has 8 aromatic rings. The fourth-order valence-corrected chi connectivity index (χ4v) is 9.75. The van der Waals surface area contributed by atoms with E-state index in [2.05, 4.69) is 31.0 Å². The summed E-state index contributed by atoms with van der Waals surface area (Å²) in [6.07, 6.45) is 3.17. The summed E-state index contributed by atoms with van der Waals surface area (Å²) >= 11 is 7.50. The van der Waals surface area contributed by atoms with Crippen LogP contribution in [0.25, 0.3) is 38.1 Å². The van der Waals surface area contributed by atoms with Crippen molar-refractivity contribution in [3.8, 4) is 21.9 Å². The number of ether oxygens (including phenoxy) is 2. The molecule has 20 heteroatoms. The number of hydrogen-bond donors (Lipinski definition) is 2. The number of benzene rings is 2. The maximum atomic E-state index is 14.3. The molecule has 1 aliphatic heterocycles. The number of esters is 1. The molecule has 2 N–H and O–H groups in total. The predicted octanol–water partition coefficient (Wildman–Crippen LogP) is 5.99. The number of aryl methyl sites for hydroxylation is 3. The zero-order chi connectivity index (χ0) is 46.4. The van der Waals surface area contributed by atoms with E-state index in [0.717, 1.165) is 16.7 Å². The zero-order valence-electron chi connectivity index (χ0n) is 36.6. The fourth-order valence-electron chi connectivity index (χ4n) is 8.34. The van der Waals surface area contributed by atoms with Crippen molar-refractivity contribution < 1.29 is 28.4 Å². The van der Waals surface area contributed by atoms with Crippen LogP contribution in [0.4, 0.5) is 0 Å². The Morgan fingerprint density at radius 3 is 2.44 bits per heavy atom. The van der Waals surface area contributed by atoms with E-state index >= 15 is 0 Å². The van der Waals surface area contributed by atoms with E-state index in [-0.39, 0.29) is 38.5 Å². The number of nitrogens with one attached hydrogen (secondary N) is 2. The van der Waals surface area contributed by atoms with Crippen molar-refractivity contribution in [3.63, 3.8) is 0 Å². The molecule has 0 fully saturated rings. The van der Waals surface area contributed by atoms with Gasteiger partial charge in [0.25, 0.3) is 5.91 Å². The van der Waals surface area contributed by atoms with Crippen molar-refractivity contribution in [2.24, 2.45) is 4.99 Å². The van der Waals surface area contributed by atoms with Crippen molar-refractivity contribution in [1.29, 1.82) is 0 Å². The Morgan fingerprint density at radius 2 is 1.73 bits per heavy atom. The smallest absolute Gasteiger partial charge is 0.330 e. The van der Waals surface area contributed by atoms with Crippen LogP contribution in [0, 0.1) is 27.7 Å². The number of amides is 2. The summed E-state index contributed by atoms with van der Waals surface area (Å²) in [5.41, 5.74) is 6.66. The molecule has 6 aromatic heterocycles. The first-order valence-electron chi connectivity index (χ1n) is 20.8. The minimum atomic E-state index is -0.718. The number of imidazole rings is 1. The van der Waals surface area contributed by atoms with Crippen LogP contribution in [-0.2, 0) is 27.4 Å². The lowest BCUT2D eigenvalue weighted by molar-refractivity contribution is -0.141. The van der Waals surface area contributed by atoms with Crippen molar-refractivity contribution in [2.45, 2.75) is 53.2 Å². The van der Waals surface area contributed by atoms with Gasteiger partial charge in [-0.1, -0.05) is 35.0 Å². The van der Waals surface area contributed by atoms with Crippen LogP contribution in [0.15, 0.2) is 81.3 Å². The molecule has 0 aliphatic carbocycles. The molecule has 18 nitrogen and oxygen atoms in total. The summed E-state index contributed by atoms with van der Waals surface area (Å²) < 4.78 is 21.1. The number of carbonyl (C=O) groups is 3. The molecule has 7 heterocycles. The number of fused-ring (bicyclic) bond motifs is 6. The summed E-state index contributed by atoms with van der Waals surface area (Å²) in [7, 11) is 2.89. The van der Waals surface area contributed by atoms with Crippen LogP contribution in [0.2, 0.25) is 5.02 Å². The highest BCUT2D eigenvalue weighted by atomic mass is 35.5. The van der Waals surface area contributed by atoms with Crippen molar-refractivity contribution in [1.82, 2.24) is 49.7 Å². The van der Waals surface area contributed by atoms with Gasteiger partial charge in [-0.25, -0.2) is 4.79 Å². The molecular weight excluding hydrogens is 886 g/mol. The summed E-state index contributed by atoms with van der Waals surface area (Å²) in [5, 5.41) is 20.4. The van der Waals surface area contributed by atoms with E-state index in [1.165, 1.54) is 23.0 Å². The normalized spacial score (nSPS) is 13.3. The van der Waals surface area contributed by atoms with Crippen molar-refractivity contribution in [3.05, 3.63) is 133 Å². The molecule has 9 rings (SSSR count). The number of rotatable bonds is 13. The van der Waals surface area contributed by atoms with E-state index in [4.69, 9.17) is 35.6 Å².